The average molecular weight is 308 g/mol. The molecule has 2 N–H and O–H groups in total. The summed E-state index contributed by atoms with van der Waals surface area (Å²) >= 11 is 1.09. The van der Waals surface area contributed by atoms with E-state index >= 15 is 0 Å². The lowest BCUT2D eigenvalue weighted by Crippen LogP contribution is -2.24. The van der Waals surface area contributed by atoms with Crippen molar-refractivity contribution in [3.63, 3.8) is 0 Å². The molecule has 0 aliphatic heterocycles. The van der Waals surface area contributed by atoms with Gasteiger partial charge in [0.15, 0.2) is 5.16 Å². The third-order valence-electron chi connectivity index (χ3n) is 2.15. The van der Waals surface area contributed by atoms with Crippen LogP contribution in [-0.4, -0.2) is 52.8 Å². The number of thioether (sulfide) groups is 1. The molecule has 0 atom stereocenters. The number of nitrogens with zero attached hydrogens (tertiary/aromatic N) is 3. The van der Waals surface area contributed by atoms with Gasteiger partial charge in [-0.1, -0.05) is 11.8 Å². The molecule has 0 unspecified atom stereocenters. The molecule has 108 valence electrons. The van der Waals surface area contributed by atoms with Crippen LogP contribution in [0.15, 0.2) is 5.16 Å². The van der Waals surface area contributed by atoms with Gasteiger partial charge in [0.2, 0.25) is 10.0 Å². The summed E-state index contributed by atoms with van der Waals surface area (Å²) in [6.07, 6.45) is 1.68. The molecule has 0 aliphatic carbocycles. The molecule has 19 heavy (non-hydrogen) atoms. The molecule has 0 aliphatic rings. The van der Waals surface area contributed by atoms with Gasteiger partial charge < -0.3 is 9.67 Å². The molecule has 10 heteroatoms. The van der Waals surface area contributed by atoms with Gasteiger partial charge in [0.05, 0.1) is 12.0 Å². The summed E-state index contributed by atoms with van der Waals surface area (Å²) in [7, 11) is -3.18. The number of aryl methyl sites for hydroxylation is 1. The van der Waals surface area contributed by atoms with E-state index in [0.717, 1.165) is 18.0 Å². The minimum Gasteiger partial charge on any atom is -0.481 e. The molecule has 0 fully saturated rings. The van der Waals surface area contributed by atoms with Crippen LogP contribution in [0.5, 0.6) is 0 Å². The van der Waals surface area contributed by atoms with Crippen molar-refractivity contribution in [3.8, 4) is 0 Å². The molecule has 1 aromatic heterocycles. The van der Waals surface area contributed by atoms with Crippen LogP contribution < -0.4 is 4.72 Å². The Labute approximate surface area is 115 Å². The van der Waals surface area contributed by atoms with Crippen molar-refractivity contribution in [2.45, 2.75) is 25.0 Å². The Balaban J connectivity index is 2.52. The van der Waals surface area contributed by atoms with Crippen LogP contribution in [0.25, 0.3) is 0 Å². The second-order valence-electron chi connectivity index (χ2n) is 3.88. The maximum absolute atomic E-state index is 10.9. The maximum Gasteiger partial charge on any atom is 0.313 e. The molecule has 0 amide bonds. The van der Waals surface area contributed by atoms with E-state index in [0.29, 0.717) is 30.5 Å². The molecular weight excluding hydrogens is 292 g/mol. The predicted octanol–water partition coefficient (Wildman–Crippen LogP) is -0.297. The predicted molar refractivity (Wildman–Crippen MR) is 70.6 cm³/mol. The standard InChI is InChI=1S/C9H16N4O4S2/c1-7-11-12-9(18-6-8(14)15)13(7)5-3-4-10-19(2,16)17/h10H,3-6H2,1-2H3,(H,14,15). The van der Waals surface area contributed by atoms with E-state index in [2.05, 4.69) is 14.9 Å². The SMILES string of the molecule is Cc1nnc(SCC(=O)O)n1CCCNS(C)(=O)=O. The lowest BCUT2D eigenvalue weighted by atomic mass is 10.4. The van der Waals surface area contributed by atoms with Gasteiger partial charge in [0.1, 0.15) is 5.82 Å². The Morgan fingerprint density at radius 1 is 1.47 bits per heavy atom. The number of carboxylic acids is 1. The van der Waals surface area contributed by atoms with E-state index in [1.165, 1.54) is 0 Å². The van der Waals surface area contributed by atoms with Crippen LogP contribution in [0.1, 0.15) is 12.2 Å². The summed E-state index contributed by atoms with van der Waals surface area (Å²) in [5, 5.41) is 16.9. The molecule has 1 aromatic rings. The molecule has 0 radical (unpaired) electrons. The van der Waals surface area contributed by atoms with E-state index in [9.17, 15) is 13.2 Å². The number of hydrogen-bond acceptors (Lipinski definition) is 6. The Hall–Kier alpha value is -1.13. The quantitative estimate of drug-likeness (QED) is 0.500. The smallest absolute Gasteiger partial charge is 0.313 e. The van der Waals surface area contributed by atoms with Crippen LogP contribution in [0.2, 0.25) is 0 Å². The minimum absolute atomic E-state index is 0.0836. The highest BCUT2D eigenvalue weighted by Crippen LogP contribution is 2.16. The number of aliphatic carboxylic acids is 1. The highest BCUT2D eigenvalue weighted by molar-refractivity contribution is 7.99. The third kappa shape index (κ3) is 6.03. The Kier molecular flexibility index (Phi) is 5.76. The average Bonchev–Trinajstić information content (AvgIpc) is 2.62. The van der Waals surface area contributed by atoms with Crippen LogP contribution >= 0.6 is 11.8 Å². The number of rotatable bonds is 8. The Morgan fingerprint density at radius 3 is 2.74 bits per heavy atom. The van der Waals surface area contributed by atoms with E-state index in [1.807, 2.05) is 0 Å². The van der Waals surface area contributed by atoms with Crippen molar-refractivity contribution < 1.29 is 18.3 Å². The van der Waals surface area contributed by atoms with Gasteiger partial charge in [-0.15, -0.1) is 10.2 Å². The van der Waals surface area contributed by atoms with E-state index in [-0.39, 0.29) is 5.75 Å². The Bertz CT molecular complexity index is 540. The number of sulfonamides is 1. The van der Waals surface area contributed by atoms with Crippen molar-refractivity contribution >= 4 is 27.8 Å². The van der Waals surface area contributed by atoms with Gasteiger partial charge >= 0.3 is 5.97 Å². The first-order chi connectivity index (χ1) is 8.79. The van der Waals surface area contributed by atoms with Crippen LogP contribution in [-0.2, 0) is 21.4 Å². The molecular formula is C9H16N4O4S2. The summed E-state index contributed by atoms with van der Waals surface area (Å²) in [6.45, 7) is 2.62. The van der Waals surface area contributed by atoms with E-state index in [1.54, 1.807) is 11.5 Å². The van der Waals surface area contributed by atoms with E-state index < -0.39 is 16.0 Å². The van der Waals surface area contributed by atoms with Gasteiger partial charge in [0.25, 0.3) is 0 Å². The van der Waals surface area contributed by atoms with Gasteiger partial charge in [-0.3, -0.25) is 4.79 Å². The first kappa shape index (κ1) is 15.9. The molecule has 0 saturated carbocycles. The lowest BCUT2D eigenvalue weighted by Gasteiger charge is -2.07. The van der Waals surface area contributed by atoms with Crippen molar-refractivity contribution in [2.24, 2.45) is 0 Å². The zero-order chi connectivity index (χ0) is 14.5. The third-order valence-corrected chi connectivity index (χ3v) is 3.83. The minimum atomic E-state index is -3.18. The fourth-order valence-electron chi connectivity index (χ4n) is 1.35. The maximum atomic E-state index is 10.9. The van der Waals surface area contributed by atoms with Crippen LogP contribution in [0, 0.1) is 6.92 Å². The van der Waals surface area contributed by atoms with Crippen molar-refractivity contribution in [1.29, 1.82) is 0 Å². The number of carboxylic acid groups (broad SMARTS) is 1. The fraction of sp³-hybridized carbons (Fsp3) is 0.667. The van der Waals surface area contributed by atoms with Crippen LogP contribution in [0.3, 0.4) is 0 Å². The van der Waals surface area contributed by atoms with Crippen molar-refractivity contribution in [2.75, 3.05) is 18.6 Å². The first-order valence-electron chi connectivity index (χ1n) is 5.48. The zero-order valence-electron chi connectivity index (χ0n) is 10.7. The van der Waals surface area contributed by atoms with Gasteiger partial charge in [-0.2, -0.15) is 0 Å². The summed E-state index contributed by atoms with van der Waals surface area (Å²) in [5.41, 5.74) is 0. The van der Waals surface area contributed by atoms with Gasteiger partial charge in [-0.25, -0.2) is 13.1 Å². The second-order valence-corrected chi connectivity index (χ2v) is 6.66. The monoisotopic (exact) mass is 308 g/mol. The summed E-state index contributed by atoms with van der Waals surface area (Å²) in [5.74, 6) is -0.331. The summed E-state index contributed by atoms with van der Waals surface area (Å²) in [6, 6.07) is 0. The highest BCUT2D eigenvalue weighted by atomic mass is 32.2. The molecule has 0 saturated heterocycles. The second kappa shape index (κ2) is 6.87. The van der Waals surface area contributed by atoms with Crippen molar-refractivity contribution in [3.05, 3.63) is 5.82 Å². The number of carbonyl (C=O) groups is 1. The summed E-state index contributed by atoms with van der Waals surface area (Å²) in [4.78, 5) is 10.5. The fourth-order valence-corrected chi connectivity index (χ4v) is 2.59. The molecule has 0 aromatic carbocycles. The molecule has 8 nitrogen and oxygen atoms in total. The van der Waals surface area contributed by atoms with Crippen molar-refractivity contribution in [1.82, 2.24) is 19.5 Å². The van der Waals surface area contributed by atoms with Gasteiger partial charge in [-0.05, 0) is 13.3 Å². The topological polar surface area (TPSA) is 114 Å². The van der Waals surface area contributed by atoms with Crippen LogP contribution in [0.4, 0.5) is 0 Å². The molecule has 1 heterocycles. The molecule has 0 spiro atoms. The molecule has 0 bridgehead atoms. The highest BCUT2D eigenvalue weighted by Gasteiger charge is 2.11. The molecule has 1 rings (SSSR count). The number of hydrogen-bond donors (Lipinski definition) is 2. The van der Waals surface area contributed by atoms with Gasteiger partial charge in [0, 0.05) is 13.1 Å². The number of aromatic nitrogens is 3. The zero-order valence-corrected chi connectivity index (χ0v) is 12.3. The lowest BCUT2D eigenvalue weighted by molar-refractivity contribution is -0.133. The summed E-state index contributed by atoms with van der Waals surface area (Å²) < 4.78 is 25.9. The Morgan fingerprint density at radius 2 is 2.16 bits per heavy atom. The van der Waals surface area contributed by atoms with E-state index in [4.69, 9.17) is 5.11 Å². The first-order valence-corrected chi connectivity index (χ1v) is 8.36. The largest absolute Gasteiger partial charge is 0.481 e. The normalized spacial score (nSPS) is 11.7. The number of nitrogens with one attached hydrogen (secondary N) is 1.